The molecule has 0 aliphatic carbocycles. The van der Waals surface area contributed by atoms with Crippen LogP contribution in [0.25, 0.3) is 0 Å². The Morgan fingerprint density at radius 1 is 1.05 bits per heavy atom. The third-order valence-corrected chi connectivity index (χ3v) is 10.0. The maximum absolute atomic E-state index is 13.4. The lowest BCUT2D eigenvalue weighted by atomic mass is 10.1. The van der Waals surface area contributed by atoms with E-state index in [-0.39, 0.29) is 34.0 Å². The first kappa shape index (κ1) is 30.9. The van der Waals surface area contributed by atoms with Crippen LogP contribution in [0.15, 0.2) is 47.4 Å². The van der Waals surface area contributed by atoms with Gasteiger partial charge in [-0.25, -0.2) is 16.8 Å². The van der Waals surface area contributed by atoms with Crippen molar-refractivity contribution in [1.29, 1.82) is 0 Å². The molecule has 2 aromatic rings. The summed E-state index contributed by atoms with van der Waals surface area (Å²) >= 11 is 0. The molecule has 1 aliphatic rings. The summed E-state index contributed by atoms with van der Waals surface area (Å²) in [6.07, 6.45) is 5.60. The molecule has 3 rings (SSSR count). The normalized spacial score (nSPS) is 17.8. The number of sulfone groups is 1. The number of ether oxygens (including phenoxy) is 1. The highest BCUT2D eigenvalue weighted by Gasteiger charge is 2.31. The highest BCUT2D eigenvalue weighted by atomic mass is 32.2. The fraction of sp³-hybridized carbons (Fsp3) is 0.519. The van der Waals surface area contributed by atoms with Gasteiger partial charge in [0, 0.05) is 38.6 Å². The van der Waals surface area contributed by atoms with Crippen LogP contribution in [0.4, 0.5) is 17.1 Å². The molecule has 1 fully saturated rings. The van der Waals surface area contributed by atoms with Crippen molar-refractivity contribution in [2.24, 2.45) is 5.73 Å². The number of benzene rings is 2. The fourth-order valence-electron chi connectivity index (χ4n) is 4.57. The summed E-state index contributed by atoms with van der Waals surface area (Å²) in [6.45, 7) is 3.17. The molecule has 0 radical (unpaired) electrons. The van der Waals surface area contributed by atoms with E-state index in [4.69, 9.17) is 10.5 Å². The predicted molar refractivity (Wildman–Crippen MR) is 156 cm³/mol. The number of nitrogens with one attached hydrogen (secondary N) is 1. The Morgan fingerprint density at radius 3 is 2.31 bits per heavy atom. The molecule has 2 aromatic carbocycles. The van der Waals surface area contributed by atoms with Gasteiger partial charge in [0.05, 0.1) is 40.3 Å². The van der Waals surface area contributed by atoms with Crippen LogP contribution in [0.2, 0.25) is 0 Å². The fourth-order valence-corrected chi connectivity index (χ4v) is 6.46. The minimum Gasteiger partial charge on any atom is -0.378 e. The van der Waals surface area contributed by atoms with Gasteiger partial charge in [-0.3, -0.25) is 9.10 Å². The van der Waals surface area contributed by atoms with E-state index in [9.17, 15) is 21.6 Å². The van der Waals surface area contributed by atoms with E-state index >= 15 is 0 Å². The number of nitrogens with two attached hydrogens (primary N) is 1. The van der Waals surface area contributed by atoms with E-state index in [2.05, 4.69) is 12.2 Å². The molecule has 216 valence electrons. The molecule has 0 bridgehead atoms. The number of rotatable bonds is 13. The third-order valence-electron chi connectivity index (χ3n) is 7.03. The topological polar surface area (TPSA) is 139 Å². The molecule has 12 heteroatoms. The van der Waals surface area contributed by atoms with Crippen molar-refractivity contribution in [3.63, 3.8) is 0 Å². The van der Waals surface area contributed by atoms with Crippen LogP contribution in [-0.4, -0.2) is 74.1 Å². The van der Waals surface area contributed by atoms with Crippen LogP contribution in [0, 0.1) is 0 Å². The second-order valence-electron chi connectivity index (χ2n) is 9.99. The molecule has 2 atom stereocenters. The number of sulfonamides is 1. The maximum Gasteiger partial charge on any atom is 0.257 e. The van der Waals surface area contributed by atoms with Crippen LogP contribution in [0.5, 0.6) is 0 Å². The Hall–Kier alpha value is -2.67. The molecule has 1 saturated heterocycles. The molecule has 0 unspecified atom stereocenters. The van der Waals surface area contributed by atoms with Gasteiger partial charge in [-0.1, -0.05) is 32.6 Å². The van der Waals surface area contributed by atoms with Crippen molar-refractivity contribution < 1.29 is 26.4 Å². The summed E-state index contributed by atoms with van der Waals surface area (Å²) in [7, 11) is -4.07. The molecule has 1 aliphatic heterocycles. The Balaban J connectivity index is 1.81. The van der Waals surface area contributed by atoms with E-state index < -0.39 is 25.8 Å². The van der Waals surface area contributed by atoms with E-state index in [1.165, 1.54) is 31.3 Å². The highest BCUT2D eigenvalue weighted by Crippen LogP contribution is 2.30. The first-order valence-corrected chi connectivity index (χ1v) is 16.6. The Morgan fingerprint density at radius 2 is 1.72 bits per heavy atom. The van der Waals surface area contributed by atoms with Gasteiger partial charge in [0.15, 0.2) is 9.84 Å². The minimum atomic E-state index is -3.64. The molecule has 39 heavy (non-hydrogen) atoms. The van der Waals surface area contributed by atoms with E-state index in [1.54, 1.807) is 25.3 Å². The van der Waals surface area contributed by atoms with Gasteiger partial charge < -0.3 is 20.7 Å². The Labute approximate surface area is 232 Å². The van der Waals surface area contributed by atoms with Crippen molar-refractivity contribution in [2.45, 2.75) is 56.1 Å². The zero-order valence-electron chi connectivity index (χ0n) is 23.1. The number of carbonyl (C=O) groups is 1. The number of carbonyl (C=O) groups excluding carboxylic acids is 1. The van der Waals surface area contributed by atoms with Crippen LogP contribution in [-0.2, 0) is 24.6 Å². The molecule has 0 aromatic heterocycles. The summed E-state index contributed by atoms with van der Waals surface area (Å²) in [5.74, 6) is -0.443. The van der Waals surface area contributed by atoms with Gasteiger partial charge in [-0.15, -0.1) is 0 Å². The first-order chi connectivity index (χ1) is 18.4. The van der Waals surface area contributed by atoms with Gasteiger partial charge in [0.25, 0.3) is 5.91 Å². The zero-order valence-corrected chi connectivity index (χ0v) is 24.7. The van der Waals surface area contributed by atoms with Crippen LogP contribution < -0.4 is 20.3 Å². The van der Waals surface area contributed by atoms with Gasteiger partial charge in [0.1, 0.15) is 0 Å². The second kappa shape index (κ2) is 13.1. The number of hydrogen-bond acceptors (Lipinski definition) is 8. The number of anilines is 3. The number of unbranched alkanes of at least 4 members (excludes halogenated alkanes) is 4. The molecule has 0 spiro atoms. The van der Waals surface area contributed by atoms with Gasteiger partial charge in [-0.2, -0.15) is 0 Å². The van der Waals surface area contributed by atoms with Crippen LogP contribution in [0.3, 0.4) is 0 Å². The van der Waals surface area contributed by atoms with Crippen molar-refractivity contribution >= 4 is 42.8 Å². The standard InChI is InChI=1S/C27H40N4O6S2/c1-5-6-7-8-9-16-39(35,36)22-13-10-20(11-14-22)29-27(32)23-17-21(31-18-24(28)26(19-31)37-3)12-15-25(23)30(2)38(4,33)34/h10-15,17,24,26H,5-9,16,18-19,28H2,1-4H3,(H,29,32)/t24-,26-/m0/s1. The number of amides is 1. The molecule has 0 saturated carbocycles. The molecule has 10 nitrogen and oxygen atoms in total. The average Bonchev–Trinajstić information content (AvgIpc) is 3.28. The number of methoxy groups -OCH3 is 1. The van der Waals surface area contributed by atoms with Crippen LogP contribution >= 0.6 is 0 Å². The minimum absolute atomic E-state index is 0.0838. The molecule has 1 heterocycles. The number of nitrogens with zero attached hydrogens (tertiary/aromatic N) is 2. The summed E-state index contributed by atoms with van der Waals surface area (Å²) in [5.41, 5.74) is 7.63. The van der Waals surface area contributed by atoms with E-state index in [0.29, 0.717) is 30.9 Å². The Bertz CT molecular complexity index is 1350. The average molecular weight is 581 g/mol. The summed E-state index contributed by atoms with van der Waals surface area (Å²) in [5, 5.41) is 2.77. The second-order valence-corrected chi connectivity index (χ2v) is 14.1. The third kappa shape index (κ3) is 7.93. The lowest BCUT2D eigenvalue weighted by molar-refractivity contribution is 0.102. The SMILES string of the molecule is CCCCCCCS(=O)(=O)c1ccc(NC(=O)c2cc(N3C[C@H](OC)[C@@H](N)C3)ccc2N(C)S(C)(=O)=O)cc1. The highest BCUT2D eigenvalue weighted by molar-refractivity contribution is 7.92. The monoisotopic (exact) mass is 580 g/mol. The predicted octanol–water partition coefficient (Wildman–Crippen LogP) is 3.24. The summed E-state index contributed by atoms with van der Waals surface area (Å²) in [6, 6.07) is 10.8. The van der Waals surface area contributed by atoms with Crippen LogP contribution in [0.1, 0.15) is 49.4 Å². The maximum atomic E-state index is 13.4. The lowest BCUT2D eigenvalue weighted by Gasteiger charge is -2.24. The largest absolute Gasteiger partial charge is 0.378 e. The van der Waals surface area contributed by atoms with Crippen molar-refractivity contribution in [2.75, 3.05) is 53.8 Å². The van der Waals surface area contributed by atoms with E-state index in [1.807, 2.05) is 4.90 Å². The smallest absolute Gasteiger partial charge is 0.257 e. The van der Waals surface area contributed by atoms with Gasteiger partial charge in [0.2, 0.25) is 10.0 Å². The summed E-state index contributed by atoms with van der Waals surface area (Å²) < 4.78 is 56.4. The quantitative estimate of drug-likeness (QED) is 0.344. The molecule has 3 N–H and O–H groups in total. The van der Waals surface area contributed by atoms with Crippen molar-refractivity contribution in [3.05, 3.63) is 48.0 Å². The lowest BCUT2D eigenvalue weighted by Crippen LogP contribution is -2.34. The van der Waals surface area contributed by atoms with Crippen molar-refractivity contribution in [1.82, 2.24) is 0 Å². The summed E-state index contributed by atoms with van der Waals surface area (Å²) in [4.78, 5) is 15.6. The van der Waals surface area contributed by atoms with E-state index in [0.717, 1.165) is 36.2 Å². The zero-order chi connectivity index (χ0) is 28.8. The molecular weight excluding hydrogens is 540 g/mol. The van der Waals surface area contributed by atoms with Gasteiger partial charge >= 0.3 is 0 Å². The van der Waals surface area contributed by atoms with Crippen molar-refractivity contribution in [3.8, 4) is 0 Å². The molecular formula is C27H40N4O6S2. The number of hydrogen-bond donors (Lipinski definition) is 2. The Kier molecular flexibility index (Phi) is 10.4. The van der Waals surface area contributed by atoms with Gasteiger partial charge in [-0.05, 0) is 48.9 Å². The molecule has 1 amide bonds. The first-order valence-electron chi connectivity index (χ1n) is 13.1.